The molecule has 0 aliphatic carbocycles. The Hall–Kier alpha value is -0.650. The molecule has 0 aromatic heterocycles. The number of carboxylic acid groups (broad SMARTS) is 1. The number of likely N-dealkylation sites (N-methyl/N-ethyl adjacent to an activating group) is 1. The van der Waals surface area contributed by atoms with Gasteiger partial charge in [-0.15, -0.1) is 0 Å². The molecule has 0 saturated carbocycles. The first-order valence-electron chi connectivity index (χ1n) is 5.49. The van der Waals surface area contributed by atoms with Crippen molar-refractivity contribution in [1.29, 1.82) is 0 Å². The van der Waals surface area contributed by atoms with Crippen molar-refractivity contribution in [2.75, 3.05) is 27.4 Å². The maximum atomic E-state index is 11.0. The van der Waals surface area contributed by atoms with Gasteiger partial charge < -0.3 is 19.9 Å². The number of rotatable bonds is 9. The Bertz CT molecular complexity index is 210. The zero-order chi connectivity index (χ0) is 12.6. The van der Waals surface area contributed by atoms with Crippen molar-refractivity contribution in [3.05, 3.63) is 0 Å². The molecule has 16 heavy (non-hydrogen) atoms. The molecule has 0 amide bonds. The number of carboxylic acids is 1. The van der Waals surface area contributed by atoms with E-state index in [9.17, 15) is 4.79 Å². The average molecular weight is 233 g/mol. The van der Waals surface area contributed by atoms with Gasteiger partial charge in [0.05, 0.1) is 12.7 Å². The Morgan fingerprint density at radius 3 is 2.62 bits per heavy atom. The summed E-state index contributed by atoms with van der Waals surface area (Å²) in [6.07, 6.45) is 1.30. The third-order valence-corrected chi connectivity index (χ3v) is 2.65. The molecule has 0 aromatic carbocycles. The van der Waals surface area contributed by atoms with E-state index in [4.69, 9.17) is 14.6 Å². The third-order valence-electron chi connectivity index (χ3n) is 2.65. The zero-order valence-electron chi connectivity index (χ0n) is 10.6. The number of ether oxygens (including phenoxy) is 2. The highest BCUT2D eigenvalue weighted by molar-refractivity contribution is 5.78. The molecule has 96 valence electrons. The topological polar surface area (TPSA) is 67.8 Å². The van der Waals surface area contributed by atoms with Crippen LogP contribution in [0.3, 0.4) is 0 Å². The van der Waals surface area contributed by atoms with E-state index >= 15 is 0 Å². The van der Waals surface area contributed by atoms with Crippen LogP contribution in [0.15, 0.2) is 0 Å². The molecule has 0 fully saturated rings. The van der Waals surface area contributed by atoms with Crippen LogP contribution < -0.4 is 5.32 Å². The SMILES string of the molecule is CNC(C)(CCCOC(C)COC)C(=O)O. The van der Waals surface area contributed by atoms with Gasteiger partial charge in [0.25, 0.3) is 0 Å². The summed E-state index contributed by atoms with van der Waals surface area (Å²) in [5, 5.41) is 11.8. The molecule has 0 rings (SSSR count). The van der Waals surface area contributed by atoms with E-state index < -0.39 is 11.5 Å². The molecule has 2 N–H and O–H groups in total. The van der Waals surface area contributed by atoms with E-state index in [-0.39, 0.29) is 6.10 Å². The molecule has 0 spiro atoms. The molecular formula is C11H23NO4. The summed E-state index contributed by atoms with van der Waals surface area (Å²) in [5.74, 6) is -0.833. The van der Waals surface area contributed by atoms with Crippen molar-refractivity contribution >= 4 is 5.97 Å². The fourth-order valence-electron chi connectivity index (χ4n) is 1.33. The summed E-state index contributed by atoms with van der Waals surface area (Å²) in [5.41, 5.74) is -0.867. The average Bonchev–Trinajstić information content (AvgIpc) is 2.24. The van der Waals surface area contributed by atoms with E-state index in [0.29, 0.717) is 26.1 Å². The lowest BCUT2D eigenvalue weighted by Gasteiger charge is -2.24. The van der Waals surface area contributed by atoms with E-state index in [1.54, 1.807) is 21.1 Å². The summed E-state index contributed by atoms with van der Waals surface area (Å²) in [6.45, 7) is 4.71. The molecule has 0 bridgehead atoms. The summed E-state index contributed by atoms with van der Waals surface area (Å²) in [4.78, 5) is 11.0. The third kappa shape index (κ3) is 5.44. The van der Waals surface area contributed by atoms with Crippen molar-refractivity contribution in [3.8, 4) is 0 Å². The van der Waals surface area contributed by atoms with Gasteiger partial charge in [0.2, 0.25) is 0 Å². The number of nitrogens with one attached hydrogen (secondary N) is 1. The fraction of sp³-hybridized carbons (Fsp3) is 0.909. The van der Waals surface area contributed by atoms with Crippen LogP contribution in [0.1, 0.15) is 26.7 Å². The molecule has 0 aromatic rings. The van der Waals surface area contributed by atoms with E-state index in [0.717, 1.165) is 0 Å². The smallest absolute Gasteiger partial charge is 0.323 e. The summed E-state index contributed by atoms with van der Waals surface area (Å²) >= 11 is 0. The predicted octanol–water partition coefficient (Wildman–Crippen LogP) is 0.881. The van der Waals surface area contributed by atoms with Crippen molar-refractivity contribution in [2.24, 2.45) is 0 Å². The summed E-state index contributed by atoms with van der Waals surface area (Å²) in [7, 11) is 3.28. The van der Waals surface area contributed by atoms with Crippen molar-refractivity contribution < 1.29 is 19.4 Å². The number of hydrogen-bond acceptors (Lipinski definition) is 4. The van der Waals surface area contributed by atoms with Gasteiger partial charge in [0.1, 0.15) is 5.54 Å². The van der Waals surface area contributed by atoms with E-state index in [1.807, 2.05) is 6.92 Å². The minimum atomic E-state index is -0.867. The van der Waals surface area contributed by atoms with Crippen molar-refractivity contribution in [3.63, 3.8) is 0 Å². The fourth-order valence-corrected chi connectivity index (χ4v) is 1.33. The summed E-state index contributed by atoms with van der Waals surface area (Å²) < 4.78 is 10.4. The molecule has 0 radical (unpaired) electrons. The van der Waals surface area contributed by atoms with E-state index in [1.165, 1.54) is 0 Å². The minimum Gasteiger partial charge on any atom is -0.480 e. The standard InChI is InChI=1S/C11H23NO4/c1-9(8-15-4)16-7-5-6-11(2,12-3)10(13)14/h9,12H,5-8H2,1-4H3,(H,13,14). The number of hydrogen-bond donors (Lipinski definition) is 2. The molecule has 2 unspecified atom stereocenters. The quantitative estimate of drug-likeness (QED) is 0.579. The maximum Gasteiger partial charge on any atom is 0.323 e. The molecule has 2 atom stereocenters. The van der Waals surface area contributed by atoms with Gasteiger partial charge in [0.15, 0.2) is 0 Å². The first kappa shape index (κ1) is 15.3. The molecule has 0 heterocycles. The highest BCUT2D eigenvalue weighted by Gasteiger charge is 2.30. The largest absolute Gasteiger partial charge is 0.480 e. The second-order valence-corrected chi connectivity index (χ2v) is 4.13. The molecular weight excluding hydrogens is 210 g/mol. The number of methoxy groups -OCH3 is 1. The highest BCUT2D eigenvalue weighted by atomic mass is 16.5. The molecule has 0 aliphatic rings. The van der Waals surface area contributed by atoms with Crippen LogP contribution >= 0.6 is 0 Å². The predicted molar refractivity (Wildman–Crippen MR) is 61.6 cm³/mol. The molecule has 5 heteroatoms. The number of aliphatic carboxylic acids is 1. The lowest BCUT2D eigenvalue weighted by Crippen LogP contribution is -2.47. The van der Waals surface area contributed by atoms with Crippen LogP contribution in [0.2, 0.25) is 0 Å². The van der Waals surface area contributed by atoms with Gasteiger partial charge in [-0.2, -0.15) is 0 Å². The van der Waals surface area contributed by atoms with Gasteiger partial charge in [-0.1, -0.05) is 0 Å². The second-order valence-electron chi connectivity index (χ2n) is 4.13. The van der Waals surface area contributed by atoms with Crippen LogP contribution in [0.4, 0.5) is 0 Å². The Kier molecular flexibility index (Phi) is 7.29. The summed E-state index contributed by atoms with van der Waals surface area (Å²) in [6, 6.07) is 0. The van der Waals surface area contributed by atoms with Gasteiger partial charge in [-0.05, 0) is 33.7 Å². The normalized spacial score (nSPS) is 16.8. The van der Waals surface area contributed by atoms with Crippen LogP contribution in [0.25, 0.3) is 0 Å². The lowest BCUT2D eigenvalue weighted by molar-refractivity contribution is -0.144. The van der Waals surface area contributed by atoms with Crippen LogP contribution in [-0.2, 0) is 14.3 Å². The second kappa shape index (κ2) is 7.60. The monoisotopic (exact) mass is 233 g/mol. The highest BCUT2D eigenvalue weighted by Crippen LogP contribution is 2.12. The lowest BCUT2D eigenvalue weighted by atomic mass is 9.96. The maximum absolute atomic E-state index is 11.0. The molecule has 0 aliphatic heterocycles. The van der Waals surface area contributed by atoms with Crippen molar-refractivity contribution in [1.82, 2.24) is 5.32 Å². The minimum absolute atomic E-state index is 0.0515. The van der Waals surface area contributed by atoms with Gasteiger partial charge in [-0.25, -0.2) is 0 Å². The van der Waals surface area contributed by atoms with Gasteiger partial charge >= 0.3 is 5.97 Å². The first-order chi connectivity index (χ1) is 7.46. The Labute approximate surface area is 97.1 Å². The molecule has 0 saturated heterocycles. The van der Waals surface area contributed by atoms with Crippen LogP contribution in [-0.4, -0.2) is 50.1 Å². The first-order valence-corrected chi connectivity index (χ1v) is 5.49. The van der Waals surface area contributed by atoms with Crippen LogP contribution in [0, 0.1) is 0 Å². The van der Waals surface area contributed by atoms with Crippen LogP contribution in [0.5, 0.6) is 0 Å². The zero-order valence-corrected chi connectivity index (χ0v) is 10.6. The number of carbonyl (C=O) groups is 1. The molecule has 5 nitrogen and oxygen atoms in total. The van der Waals surface area contributed by atoms with Gasteiger partial charge in [0, 0.05) is 13.7 Å². The Balaban J connectivity index is 3.76. The Morgan fingerprint density at radius 2 is 2.19 bits per heavy atom. The van der Waals surface area contributed by atoms with Gasteiger partial charge in [-0.3, -0.25) is 4.79 Å². The van der Waals surface area contributed by atoms with E-state index in [2.05, 4.69) is 5.32 Å². The van der Waals surface area contributed by atoms with Crippen molar-refractivity contribution in [2.45, 2.75) is 38.3 Å². The Morgan fingerprint density at radius 1 is 1.56 bits per heavy atom.